The number of amides is 5. The molecule has 2 fully saturated rings. The van der Waals surface area contributed by atoms with E-state index < -0.39 is 40.7 Å². The number of hydrogen-bond donors (Lipinski definition) is 1. The molecule has 5 rings (SSSR count). The highest BCUT2D eigenvalue weighted by Crippen LogP contribution is 2.53. The summed E-state index contributed by atoms with van der Waals surface area (Å²) in [5.74, 6) is -3.89. The number of likely N-dealkylation sites (tertiary alicyclic amines) is 2. The summed E-state index contributed by atoms with van der Waals surface area (Å²) >= 11 is 1.91. The van der Waals surface area contributed by atoms with E-state index in [9.17, 15) is 28.4 Å². The summed E-state index contributed by atoms with van der Waals surface area (Å²) in [4.78, 5) is 66.2. The van der Waals surface area contributed by atoms with Crippen LogP contribution in [-0.4, -0.2) is 56.5 Å². The molecule has 3 aliphatic heterocycles. The van der Waals surface area contributed by atoms with Crippen molar-refractivity contribution in [1.29, 1.82) is 0 Å². The minimum Gasteiger partial charge on any atom is -0.351 e. The van der Waals surface area contributed by atoms with Crippen LogP contribution in [0.4, 0.5) is 9.18 Å². The van der Waals surface area contributed by atoms with E-state index in [2.05, 4.69) is 0 Å². The number of hydrogen-bond acceptors (Lipinski definition) is 7. The second-order valence-electron chi connectivity index (χ2n) is 8.51. The van der Waals surface area contributed by atoms with Crippen LogP contribution in [0.15, 0.2) is 34.1 Å². The van der Waals surface area contributed by atoms with Crippen LogP contribution in [0.3, 0.4) is 0 Å². The van der Waals surface area contributed by atoms with Gasteiger partial charge in [-0.1, -0.05) is 35.2 Å². The van der Waals surface area contributed by atoms with Crippen molar-refractivity contribution in [3.63, 3.8) is 0 Å². The van der Waals surface area contributed by atoms with Gasteiger partial charge in [0.15, 0.2) is 0 Å². The molecule has 2 unspecified atom stereocenters. The van der Waals surface area contributed by atoms with Crippen LogP contribution in [0, 0.1) is 11.7 Å². The van der Waals surface area contributed by atoms with Crippen LogP contribution in [-0.2, 0) is 20.9 Å². The Morgan fingerprint density at radius 1 is 1.03 bits per heavy atom. The fourth-order valence-corrected chi connectivity index (χ4v) is 7.65. The summed E-state index contributed by atoms with van der Waals surface area (Å²) in [5, 5.41) is -0.573. The number of thiazole rings is 1. The largest absolute Gasteiger partial charge is 0.351 e. The highest BCUT2D eigenvalue weighted by Gasteiger charge is 2.57. The number of carbonyl (C=O) groups is 4. The molecule has 0 bridgehead atoms. The first-order chi connectivity index (χ1) is 16.3. The summed E-state index contributed by atoms with van der Waals surface area (Å²) in [5.41, 5.74) is 5.83. The van der Waals surface area contributed by atoms with Gasteiger partial charge in [-0.2, -0.15) is 4.90 Å². The van der Waals surface area contributed by atoms with E-state index in [-0.39, 0.29) is 17.3 Å². The standard InChI is InChI=1S/C22H21FN4O5S2/c23-12-6-4-11(5-7-12)14-15-16(19(30)27(18(15)29)21(24)31)33-20-17(14)34-22(32)26(20)10-13(28)25-8-2-1-3-9-25/h4-7,14-16H,1-3,8-10H2,(H2,24,31)/t14-,15?,16?/m0/s1. The van der Waals surface area contributed by atoms with Gasteiger partial charge in [0, 0.05) is 23.9 Å². The number of thioether (sulfide) groups is 1. The van der Waals surface area contributed by atoms with Crippen molar-refractivity contribution in [2.75, 3.05) is 13.1 Å². The number of carbonyl (C=O) groups excluding carboxylic acids is 4. The lowest BCUT2D eigenvalue weighted by atomic mass is 9.83. The van der Waals surface area contributed by atoms with Crippen molar-refractivity contribution in [2.24, 2.45) is 11.7 Å². The molecular weight excluding hydrogens is 483 g/mol. The van der Waals surface area contributed by atoms with Crippen LogP contribution >= 0.6 is 23.1 Å². The number of halogens is 1. The van der Waals surface area contributed by atoms with Gasteiger partial charge < -0.3 is 10.6 Å². The zero-order valence-electron chi connectivity index (χ0n) is 17.9. The van der Waals surface area contributed by atoms with Crippen LogP contribution in [0.1, 0.15) is 35.6 Å². The molecule has 2 N–H and O–H groups in total. The molecule has 1 aromatic carbocycles. The number of aromatic nitrogens is 1. The monoisotopic (exact) mass is 504 g/mol. The van der Waals surface area contributed by atoms with E-state index in [0.29, 0.717) is 33.5 Å². The molecule has 9 nitrogen and oxygen atoms in total. The molecule has 3 aliphatic rings. The first-order valence-electron chi connectivity index (χ1n) is 10.9. The van der Waals surface area contributed by atoms with Crippen molar-refractivity contribution in [3.05, 3.63) is 50.2 Å². The molecule has 1 aromatic heterocycles. The van der Waals surface area contributed by atoms with E-state index in [1.807, 2.05) is 0 Å². The quantitative estimate of drug-likeness (QED) is 0.635. The van der Waals surface area contributed by atoms with E-state index in [0.717, 1.165) is 42.4 Å². The summed E-state index contributed by atoms with van der Waals surface area (Å²) in [6.45, 7) is 1.10. The molecule has 2 aromatic rings. The molecule has 0 saturated carbocycles. The molecule has 3 atom stereocenters. The van der Waals surface area contributed by atoms with Crippen LogP contribution in [0.5, 0.6) is 0 Å². The Hall–Kier alpha value is -2.99. The van der Waals surface area contributed by atoms with Crippen molar-refractivity contribution in [1.82, 2.24) is 14.4 Å². The van der Waals surface area contributed by atoms with Gasteiger partial charge in [-0.25, -0.2) is 9.18 Å². The maximum Gasteiger partial charge on any atom is 0.328 e. The molecular formula is C22H21FN4O5S2. The highest BCUT2D eigenvalue weighted by molar-refractivity contribution is 8.00. The van der Waals surface area contributed by atoms with Gasteiger partial charge in [-0.05, 0) is 37.0 Å². The normalized spacial score (nSPS) is 24.2. The number of rotatable bonds is 3. The molecule has 0 spiro atoms. The third-order valence-electron chi connectivity index (χ3n) is 6.50. The second-order valence-corrected chi connectivity index (χ2v) is 10.6. The van der Waals surface area contributed by atoms with Gasteiger partial charge in [0.05, 0.1) is 10.9 Å². The number of primary amides is 1. The van der Waals surface area contributed by atoms with Gasteiger partial charge in [-0.3, -0.25) is 23.7 Å². The van der Waals surface area contributed by atoms with E-state index in [1.54, 1.807) is 4.90 Å². The first-order valence-corrected chi connectivity index (χ1v) is 12.6. The van der Waals surface area contributed by atoms with Crippen molar-refractivity contribution >= 4 is 46.9 Å². The average Bonchev–Trinajstić information content (AvgIpc) is 3.26. The topological polar surface area (TPSA) is 123 Å². The molecule has 4 heterocycles. The lowest BCUT2D eigenvalue weighted by Crippen LogP contribution is -2.41. The fourth-order valence-electron chi connectivity index (χ4n) is 4.88. The molecule has 0 aliphatic carbocycles. The van der Waals surface area contributed by atoms with E-state index >= 15 is 0 Å². The smallest absolute Gasteiger partial charge is 0.328 e. The molecule has 0 radical (unpaired) electrons. The number of urea groups is 1. The number of piperidine rings is 1. The number of benzene rings is 1. The van der Waals surface area contributed by atoms with Gasteiger partial charge in [0.2, 0.25) is 11.8 Å². The van der Waals surface area contributed by atoms with Crippen molar-refractivity contribution < 1.29 is 23.6 Å². The van der Waals surface area contributed by atoms with Crippen molar-refractivity contribution in [2.45, 2.75) is 42.0 Å². The summed E-state index contributed by atoms with van der Waals surface area (Å²) in [6.07, 6.45) is 2.88. The van der Waals surface area contributed by atoms with Crippen LogP contribution in [0.2, 0.25) is 0 Å². The van der Waals surface area contributed by atoms with Gasteiger partial charge in [0.25, 0.3) is 5.91 Å². The minimum absolute atomic E-state index is 0.174. The number of nitrogens with two attached hydrogens (primary N) is 1. The zero-order valence-corrected chi connectivity index (χ0v) is 19.6. The van der Waals surface area contributed by atoms with E-state index in [4.69, 9.17) is 5.73 Å². The van der Waals surface area contributed by atoms with Crippen LogP contribution < -0.4 is 10.6 Å². The maximum absolute atomic E-state index is 13.6. The molecule has 178 valence electrons. The number of imide groups is 3. The Morgan fingerprint density at radius 3 is 2.35 bits per heavy atom. The summed E-state index contributed by atoms with van der Waals surface area (Å²) < 4.78 is 15.0. The van der Waals surface area contributed by atoms with E-state index in [1.165, 1.54) is 28.8 Å². The third-order valence-corrected chi connectivity index (χ3v) is 9.10. The Labute approximate surface area is 201 Å². The average molecular weight is 505 g/mol. The zero-order chi connectivity index (χ0) is 24.1. The Bertz CT molecular complexity index is 1250. The van der Waals surface area contributed by atoms with Crippen LogP contribution in [0.25, 0.3) is 0 Å². The fraction of sp³-hybridized carbons (Fsp3) is 0.409. The molecule has 34 heavy (non-hydrogen) atoms. The lowest BCUT2D eigenvalue weighted by molar-refractivity contribution is -0.136. The Balaban J connectivity index is 1.59. The third kappa shape index (κ3) is 3.65. The lowest BCUT2D eigenvalue weighted by Gasteiger charge is -2.31. The minimum atomic E-state index is -1.16. The van der Waals surface area contributed by atoms with Gasteiger partial charge >= 0.3 is 10.9 Å². The number of fused-ring (bicyclic) bond motifs is 2. The maximum atomic E-state index is 13.6. The predicted molar refractivity (Wildman–Crippen MR) is 122 cm³/mol. The highest BCUT2D eigenvalue weighted by atomic mass is 32.2. The molecule has 12 heteroatoms. The SMILES string of the molecule is NC(=O)N1C(=O)C2Sc3c(sc(=O)n3CC(=O)N3CCCCC3)[C@@H](c3ccc(F)cc3)C2C1=O. The molecule has 5 amide bonds. The van der Waals surface area contributed by atoms with Gasteiger partial charge in [-0.15, -0.1) is 0 Å². The summed E-state index contributed by atoms with van der Waals surface area (Å²) in [6, 6.07) is 4.30. The molecule has 2 saturated heterocycles. The second kappa shape index (κ2) is 8.66. The Morgan fingerprint density at radius 2 is 1.71 bits per heavy atom. The van der Waals surface area contributed by atoms with Crippen molar-refractivity contribution in [3.8, 4) is 0 Å². The Kier molecular flexibility index (Phi) is 5.80. The predicted octanol–water partition coefficient (Wildman–Crippen LogP) is 1.73. The van der Waals surface area contributed by atoms with Gasteiger partial charge in [0.1, 0.15) is 17.6 Å². The number of nitrogens with zero attached hydrogens (tertiary/aromatic N) is 3. The summed E-state index contributed by atoms with van der Waals surface area (Å²) in [7, 11) is 0. The first kappa shape index (κ1) is 22.8.